The summed E-state index contributed by atoms with van der Waals surface area (Å²) in [7, 11) is 0. The normalized spacial score (nSPS) is 25.5. The maximum atomic E-state index is 5.37. The van der Waals surface area contributed by atoms with Gasteiger partial charge in [-0.05, 0) is 52.1 Å². The molecule has 0 aromatic heterocycles. The van der Waals surface area contributed by atoms with Crippen molar-refractivity contribution in [1.29, 1.82) is 0 Å². The Hall–Kier alpha value is -0.340. The van der Waals surface area contributed by atoms with Crippen molar-refractivity contribution in [2.75, 3.05) is 52.5 Å². The Bertz CT molecular complexity index is 435. The monoisotopic (exact) mass is 448 g/mol. The second kappa shape index (κ2) is 10.6. The molecular weight excluding hydrogens is 415 g/mol. The first-order chi connectivity index (χ1) is 11.4. The lowest BCUT2D eigenvalue weighted by atomic mass is 10.1. The lowest BCUT2D eigenvalue weighted by Gasteiger charge is -2.25. The van der Waals surface area contributed by atoms with E-state index in [9.17, 15) is 0 Å². The van der Waals surface area contributed by atoms with Crippen LogP contribution in [0.2, 0.25) is 0 Å². The summed E-state index contributed by atoms with van der Waals surface area (Å²) in [5.41, 5.74) is 1.51. The third kappa shape index (κ3) is 5.59. The maximum Gasteiger partial charge on any atom is 0.193 e. The highest BCUT2D eigenvalue weighted by Crippen LogP contribution is 2.20. The number of likely N-dealkylation sites (tertiary alicyclic amines) is 2. The first-order valence-corrected chi connectivity index (χ1v) is 9.40. The van der Waals surface area contributed by atoms with Gasteiger partial charge in [-0.25, -0.2) is 0 Å². The molecule has 0 aromatic rings. The van der Waals surface area contributed by atoms with Crippen molar-refractivity contribution in [2.24, 2.45) is 4.99 Å². The van der Waals surface area contributed by atoms with Crippen LogP contribution in [0.25, 0.3) is 0 Å². The molecule has 1 unspecified atom stereocenters. The summed E-state index contributed by atoms with van der Waals surface area (Å²) in [6, 6.07) is 0.736. The molecule has 3 rings (SSSR count). The topological polar surface area (TPSA) is 40.1 Å². The summed E-state index contributed by atoms with van der Waals surface area (Å²) < 4.78 is 5.37. The molecule has 1 atom stereocenters. The number of nitrogens with one attached hydrogen (secondary N) is 1. The van der Waals surface area contributed by atoms with E-state index in [0.717, 1.165) is 64.2 Å². The molecule has 2 fully saturated rings. The maximum absolute atomic E-state index is 5.37. The van der Waals surface area contributed by atoms with Crippen LogP contribution >= 0.6 is 24.0 Å². The van der Waals surface area contributed by atoms with Crippen molar-refractivity contribution in [3.8, 4) is 0 Å². The van der Waals surface area contributed by atoms with E-state index in [0.29, 0.717) is 0 Å². The molecule has 0 saturated carbocycles. The number of guanidine groups is 1. The lowest BCUT2D eigenvalue weighted by Crippen LogP contribution is -2.42. The van der Waals surface area contributed by atoms with Gasteiger partial charge in [0.2, 0.25) is 0 Å². The summed E-state index contributed by atoms with van der Waals surface area (Å²) in [6.07, 6.45) is 8.42. The van der Waals surface area contributed by atoms with Crippen molar-refractivity contribution in [2.45, 2.75) is 45.1 Å². The predicted octanol–water partition coefficient (Wildman–Crippen LogP) is 2.48. The Balaban J connectivity index is 0.00000208. The zero-order chi connectivity index (χ0) is 15.9. The third-order valence-electron chi connectivity index (χ3n) is 5.21. The molecule has 3 heterocycles. The van der Waals surface area contributed by atoms with Gasteiger partial charge in [-0.3, -0.25) is 9.89 Å². The SMILES string of the molecule is CCNC(=NCCC1=CCOCC1)N1CCC(N2CCCC2)C1.I. The smallest absolute Gasteiger partial charge is 0.193 e. The minimum atomic E-state index is 0. The second-order valence-electron chi connectivity index (χ2n) is 6.80. The van der Waals surface area contributed by atoms with E-state index in [1.165, 1.54) is 37.9 Å². The van der Waals surface area contributed by atoms with Gasteiger partial charge in [0.05, 0.1) is 13.2 Å². The molecule has 0 aliphatic carbocycles. The van der Waals surface area contributed by atoms with Crippen LogP contribution in [-0.2, 0) is 4.74 Å². The predicted molar refractivity (Wildman–Crippen MR) is 110 cm³/mol. The van der Waals surface area contributed by atoms with Crippen LogP contribution in [0.1, 0.15) is 39.0 Å². The minimum absolute atomic E-state index is 0. The summed E-state index contributed by atoms with van der Waals surface area (Å²) >= 11 is 0. The Kier molecular flexibility index (Phi) is 8.83. The highest BCUT2D eigenvalue weighted by Gasteiger charge is 2.30. The molecule has 0 bridgehead atoms. The molecule has 3 aliphatic rings. The molecule has 24 heavy (non-hydrogen) atoms. The van der Waals surface area contributed by atoms with Crippen LogP contribution in [-0.4, -0.2) is 74.3 Å². The molecule has 0 amide bonds. The average Bonchev–Trinajstić information content (AvgIpc) is 3.26. The largest absolute Gasteiger partial charge is 0.377 e. The van der Waals surface area contributed by atoms with Gasteiger partial charge in [-0.1, -0.05) is 11.6 Å². The zero-order valence-corrected chi connectivity index (χ0v) is 17.3. The Morgan fingerprint density at radius 1 is 1.33 bits per heavy atom. The van der Waals surface area contributed by atoms with Crippen LogP contribution < -0.4 is 5.32 Å². The Morgan fingerprint density at radius 2 is 2.17 bits per heavy atom. The van der Waals surface area contributed by atoms with Gasteiger partial charge in [0.15, 0.2) is 5.96 Å². The van der Waals surface area contributed by atoms with E-state index in [1.54, 1.807) is 0 Å². The van der Waals surface area contributed by atoms with Crippen LogP contribution in [0.4, 0.5) is 0 Å². The molecular formula is C18H33IN4O. The van der Waals surface area contributed by atoms with E-state index >= 15 is 0 Å². The number of hydrogen-bond donors (Lipinski definition) is 1. The standard InChI is InChI=1S/C18H32N4O.HI/c1-2-19-18(20-9-5-16-7-13-23-14-8-16)22-12-6-17(15-22)21-10-3-4-11-21;/h7,17H,2-6,8-15H2,1H3,(H,19,20);1H. The quantitative estimate of drug-likeness (QED) is 0.304. The number of halogens is 1. The van der Waals surface area contributed by atoms with Crippen molar-refractivity contribution >= 4 is 29.9 Å². The van der Waals surface area contributed by atoms with Crippen molar-refractivity contribution < 1.29 is 4.74 Å². The van der Waals surface area contributed by atoms with Gasteiger partial charge in [-0.2, -0.15) is 0 Å². The average molecular weight is 448 g/mol. The van der Waals surface area contributed by atoms with Gasteiger partial charge in [0.25, 0.3) is 0 Å². The highest BCUT2D eigenvalue weighted by atomic mass is 127. The van der Waals surface area contributed by atoms with E-state index in [1.807, 2.05) is 0 Å². The van der Waals surface area contributed by atoms with Crippen LogP contribution in [0.3, 0.4) is 0 Å². The van der Waals surface area contributed by atoms with E-state index in [2.05, 4.69) is 28.1 Å². The number of hydrogen-bond acceptors (Lipinski definition) is 3. The molecule has 1 N–H and O–H groups in total. The zero-order valence-electron chi connectivity index (χ0n) is 15.0. The number of rotatable bonds is 5. The van der Waals surface area contributed by atoms with Crippen molar-refractivity contribution in [3.63, 3.8) is 0 Å². The molecule has 2 saturated heterocycles. The first-order valence-electron chi connectivity index (χ1n) is 9.40. The van der Waals surface area contributed by atoms with Crippen molar-refractivity contribution in [3.05, 3.63) is 11.6 Å². The molecule has 5 nitrogen and oxygen atoms in total. The van der Waals surface area contributed by atoms with Gasteiger partial charge in [0.1, 0.15) is 0 Å². The molecule has 3 aliphatic heterocycles. The third-order valence-corrected chi connectivity index (χ3v) is 5.21. The van der Waals surface area contributed by atoms with E-state index < -0.39 is 0 Å². The molecule has 138 valence electrons. The van der Waals surface area contributed by atoms with Crippen LogP contribution in [0.15, 0.2) is 16.6 Å². The minimum Gasteiger partial charge on any atom is -0.377 e. The second-order valence-corrected chi connectivity index (χ2v) is 6.80. The fraction of sp³-hybridized carbons (Fsp3) is 0.833. The van der Waals surface area contributed by atoms with Crippen LogP contribution in [0, 0.1) is 0 Å². The first kappa shape index (κ1) is 20.0. The number of aliphatic imine (C=N–C) groups is 1. The van der Waals surface area contributed by atoms with E-state index in [-0.39, 0.29) is 24.0 Å². The fourth-order valence-corrected chi connectivity index (χ4v) is 3.86. The van der Waals surface area contributed by atoms with Crippen LogP contribution in [0.5, 0.6) is 0 Å². The fourth-order valence-electron chi connectivity index (χ4n) is 3.86. The van der Waals surface area contributed by atoms with Gasteiger partial charge < -0.3 is 15.0 Å². The number of nitrogens with zero attached hydrogens (tertiary/aromatic N) is 3. The summed E-state index contributed by atoms with van der Waals surface area (Å²) in [5, 5.41) is 3.49. The van der Waals surface area contributed by atoms with Gasteiger partial charge in [-0.15, -0.1) is 24.0 Å². The molecule has 0 spiro atoms. The summed E-state index contributed by atoms with van der Waals surface area (Å²) in [5.74, 6) is 1.11. The Morgan fingerprint density at radius 3 is 2.88 bits per heavy atom. The van der Waals surface area contributed by atoms with E-state index in [4.69, 9.17) is 9.73 Å². The molecule has 6 heteroatoms. The lowest BCUT2D eigenvalue weighted by molar-refractivity contribution is 0.153. The molecule has 0 aromatic carbocycles. The highest BCUT2D eigenvalue weighted by molar-refractivity contribution is 14.0. The molecule has 0 radical (unpaired) electrons. The number of ether oxygens (including phenoxy) is 1. The van der Waals surface area contributed by atoms with Gasteiger partial charge in [0, 0.05) is 32.2 Å². The Labute approximate surface area is 163 Å². The summed E-state index contributed by atoms with van der Waals surface area (Å²) in [6.45, 7) is 10.5. The summed E-state index contributed by atoms with van der Waals surface area (Å²) in [4.78, 5) is 10.0. The van der Waals surface area contributed by atoms with Gasteiger partial charge >= 0.3 is 0 Å². The van der Waals surface area contributed by atoms with Crippen molar-refractivity contribution in [1.82, 2.24) is 15.1 Å².